The second kappa shape index (κ2) is 3.00. The highest BCUT2D eigenvalue weighted by atomic mass is 32.7. The summed E-state index contributed by atoms with van der Waals surface area (Å²) in [4.78, 5) is 0. The third-order valence-electron chi connectivity index (χ3n) is 0.991. The van der Waals surface area contributed by atoms with Gasteiger partial charge in [0.05, 0.1) is 6.92 Å². The van der Waals surface area contributed by atoms with Crippen LogP contribution >= 0.6 is 6.92 Å². The van der Waals surface area contributed by atoms with Crippen LogP contribution in [-0.2, 0) is 12.2 Å². The van der Waals surface area contributed by atoms with Gasteiger partial charge in [-0.25, -0.2) is 0 Å². The molecule has 1 rings (SSSR count). The van der Waals surface area contributed by atoms with Gasteiger partial charge in [-0.15, -0.1) is 5.16 Å². The largest absolute Gasteiger partial charge is 0.463 e. The molecule has 1 nitrogen and oxygen atoms in total. The molecule has 0 amide bonds. The Morgan fingerprint density at radius 1 is 1.22 bits per heavy atom. The van der Waals surface area contributed by atoms with Crippen LogP contribution in [0.2, 0.25) is 0 Å². The van der Waals surface area contributed by atoms with E-state index in [0.29, 0.717) is 0 Å². The van der Waals surface area contributed by atoms with Gasteiger partial charge in [0.15, 0.2) is 0 Å². The van der Waals surface area contributed by atoms with Crippen LogP contribution < -0.4 is 5.30 Å². The molecule has 0 bridgehead atoms. The topological polar surface area (TPSA) is 23.9 Å². The maximum atomic E-state index is 7.20. The normalized spacial score (nSPS) is 11.0. The molecular weight excluding hydrogens is 149 g/mol. The minimum Gasteiger partial charge on any atom is -0.463 e. The van der Waals surface area contributed by atoms with Crippen molar-refractivity contribution in [3.05, 3.63) is 30.3 Å². The zero-order valence-electron chi connectivity index (χ0n) is 4.74. The van der Waals surface area contributed by atoms with E-state index in [9.17, 15) is 0 Å². The van der Waals surface area contributed by atoms with Crippen molar-refractivity contribution in [1.82, 2.24) is 0 Å². The van der Waals surface area contributed by atoms with Gasteiger partial charge in [0.2, 0.25) is 0 Å². The summed E-state index contributed by atoms with van der Waals surface area (Å²) in [6, 6.07) is 9.53. The van der Waals surface area contributed by atoms with E-state index < -0.39 is 6.92 Å². The Labute approximate surface area is 60.5 Å². The van der Waals surface area contributed by atoms with Crippen LogP contribution in [0.5, 0.6) is 0 Å². The van der Waals surface area contributed by atoms with Gasteiger partial charge in [0.25, 0.3) is 0 Å². The van der Waals surface area contributed by atoms with Gasteiger partial charge < -0.3 is 12.2 Å². The second-order valence-corrected chi connectivity index (χ2v) is 3.83. The summed E-state index contributed by atoms with van der Waals surface area (Å²) in [5.41, 5.74) is 0. The van der Waals surface area contributed by atoms with Crippen molar-refractivity contribution < 1.29 is 0 Å². The molecule has 46 valence electrons. The van der Waals surface area contributed by atoms with E-state index in [1.54, 1.807) is 0 Å². The molecule has 1 aromatic rings. The molecule has 1 N–H and O–H groups in total. The molecule has 1 unspecified atom stereocenters. The molecule has 1 atom stereocenters. The van der Waals surface area contributed by atoms with Gasteiger partial charge in [0.1, 0.15) is 5.30 Å². The van der Waals surface area contributed by atoms with Gasteiger partial charge in [0, 0.05) is 0 Å². The number of hydrogen-bond acceptors (Lipinski definition) is 2. The van der Waals surface area contributed by atoms with Crippen LogP contribution in [0.4, 0.5) is 0 Å². The van der Waals surface area contributed by atoms with E-state index in [1.807, 2.05) is 30.3 Å². The van der Waals surface area contributed by atoms with Gasteiger partial charge >= 0.3 is 0 Å². The van der Waals surface area contributed by atoms with Crippen LogP contribution in [-0.4, -0.2) is 0 Å². The molecule has 0 aliphatic carbocycles. The highest BCUT2D eigenvalue weighted by molar-refractivity contribution is 8.31. The molecule has 0 saturated carbocycles. The average Bonchev–Trinajstić information content (AvgIpc) is 1.90. The lowest BCUT2D eigenvalue weighted by atomic mass is 10.4. The number of rotatable bonds is 1. The smallest absolute Gasteiger partial charge is 0.147 e. The number of nitrogens with one attached hydrogen (secondary N) is 1. The van der Waals surface area contributed by atoms with Crippen molar-refractivity contribution >= 4 is 24.5 Å². The first-order valence-corrected chi connectivity index (χ1v) is 4.90. The average molecular weight is 155 g/mol. The molecule has 0 aliphatic heterocycles. The lowest BCUT2D eigenvalue weighted by molar-refractivity contribution is 1.64. The Morgan fingerprint density at radius 2 is 1.78 bits per heavy atom. The van der Waals surface area contributed by atoms with E-state index in [4.69, 9.17) is 17.4 Å². The lowest BCUT2D eigenvalue weighted by Gasteiger charge is -1.89. The molecule has 0 heterocycles. The van der Waals surface area contributed by atoms with E-state index in [1.165, 1.54) is 0 Å². The molecule has 9 heavy (non-hydrogen) atoms. The summed E-state index contributed by atoms with van der Waals surface area (Å²) in [5.74, 6) is 0. The van der Waals surface area contributed by atoms with Crippen molar-refractivity contribution in [3.8, 4) is 0 Å². The molecule has 0 fully saturated rings. The predicted octanol–water partition coefficient (Wildman–Crippen LogP) is 2.02. The zero-order valence-corrected chi connectivity index (χ0v) is 6.45. The lowest BCUT2D eigenvalue weighted by Crippen LogP contribution is -1.89. The Kier molecular flexibility index (Phi) is 2.26. The van der Waals surface area contributed by atoms with Crippen molar-refractivity contribution in [2.75, 3.05) is 0 Å². The highest BCUT2D eigenvalue weighted by Gasteiger charge is 1.93. The standard InChI is InChI=1S/C6H6NPS/c7-8(9)6-4-2-1-3-5-6/h1-5,7H. The Bertz CT molecular complexity index is 210. The SMILES string of the molecule is N=[P+]([S-])c1ccccc1. The van der Waals surface area contributed by atoms with E-state index in [2.05, 4.69) is 0 Å². The molecule has 0 saturated heterocycles. The van der Waals surface area contributed by atoms with E-state index in [0.717, 1.165) is 5.30 Å². The fourth-order valence-corrected chi connectivity index (χ4v) is 1.37. The summed E-state index contributed by atoms with van der Waals surface area (Å²) in [6.45, 7) is -1.06. The summed E-state index contributed by atoms with van der Waals surface area (Å²) in [5, 5.41) is 8.16. The predicted molar refractivity (Wildman–Crippen MR) is 43.1 cm³/mol. The fourth-order valence-electron chi connectivity index (χ4n) is 0.563. The van der Waals surface area contributed by atoms with Gasteiger partial charge in [-0.1, -0.05) is 18.2 Å². The first-order valence-electron chi connectivity index (χ1n) is 2.54. The first kappa shape index (κ1) is 6.79. The molecule has 0 spiro atoms. The van der Waals surface area contributed by atoms with E-state index in [-0.39, 0.29) is 0 Å². The minimum absolute atomic E-state index is 0.961. The van der Waals surface area contributed by atoms with Crippen LogP contribution in [0, 0.1) is 5.16 Å². The third-order valence-corrected chi connectivity index (χ3v) is 2.39. The summed E-state index contributed by atoms with van der Waals surface area (Å²) in [6.07, 6.45) is 0. The Hall–Kier alpha value is -0.330. The summed E-state index contributed by atoms with van der Waals surface area (Å²) < 4.78 is 0. The second-order valence-electron chi connectivity index (χ2n) is 1.63. The maximum Gasteiger partial charge on any atom is 0.147 e. The Balaban J connectivity index is 2.98. The zero-order chi connectivity index (χ0) is 6.69. The quantitative estimate of drug-likeness (QED) is 0.486. The van der Waals surface area contributed by atoms with Crippen molar-refractivity contribution in [2.45, 2.75) is 0 Å². The van der Waals surface area contributed by atoms with Crippen molar-refractivity contribution in [2.24, 2.45) is 0 Å². The monoisotopic (exact) mass is 155 g/mol. The molecule has 3 heteroatoms. The van der Waals surface area contributed by atoms with E-state index >= 15 is 0 Å². The Morgan fingerprint density at radius 3 is 2.11 bits per heavy atom. The molecule has 1 aromatic carbocycles. The number of benzene rings is 1. The molecule has 0 radical (unpaired) electrons. The van der Waals surface area contributed by atoms with Crippen LogP contribution in [0.3, 0.4) is 0 Å². The van der Waals surface area contributed by atoms with Crippen LogP contribution in [0.25, 0.3) is 0 Å². The molecule has 0 aliphatic rings. The highest BCUT2D eigenvalue weighted by Crippen LogP contribution is 2.14. The fraction of sp³-hybridized carbons (Fsp3) is 0. The van der Waals surface area contributed by atoms with Crippen molar-refractivity contribution in [1.29, 1.82) is 5.16 Å². The van der Waals surface area contributed by atoms with Crippen LogP contribution in [0.1, 0.15) is 0 Å². The summed E-state index contributed by atoms with van der Waals surface area (Å²) in [7, 11) is 0. The maximum absolute atomic E-state index is 7.20. The summed E-state index contributed by atoms with van der Waals surface area (Å²) >= 11 is 4.78. The first-order chi connectivity index (χ1) is 4.30. The molecule has 0 aromatic heterocycles. The van der Waals surface area contributed by atoms with Gasteiger partial charge in [-0.05, 0) is 12.1 Å². The number of hydrogen-bond donors (Lipinski definition) is 1. The van der Waals surface area contributed by atoms with Gasteiger partial charge in [-0.2, -0.15) is 0 Å². The third kappa shape index (κ3) is 1.81. The minimum atomic E-state index is -1.06. The van der Waals surface area contributed by atoms with Crippen molar-refractivity contribution in [3.63, 3.8) is 0 Å². The van der Waals surface area contributed by atoms with Gasteiger partial charge in [-0.3, -0.25) is 0 Å². The molecular formula is C6H6NPS. The van der Waals surface area contributed by atoms with Crippen LogP contribution in [0.15, 0.2) is 30.3 Å².